The molecule has 0 aliphatic carbocycles. The summed E-state index contributed by atoms with van der Waals surface area (Å²) in [6.45, 7) is 6.67. The van der Waals surface area contributed by atoms with E-state index in [9.17, 15) is 4.79 Å². The van der Waals surface area contributed by atoms with Crippen molar-refractivity contribution in [2.24, 2.45) is 4.99 Å². The Bertz CT molecular complexity index is 275. The van der Waals surface area contributed by atoms with Crippen LogP contribution in [0.4, 0.5) is 0 Å². The van der Waals surface area contributed by atoms with Crippen LogP contribution in [0.25, 0.3) is 0 Å². The molecule has 92 valence electrons. The highest BCUT2D eigenvalue weighted by atomic mass is 32.2. The second-order valence-electron chi connectivity index (χ2n) is 3.83. The molecule has 0 aromatic heterocycles. The lowest BCUT2D eigenvalue weighted by atomic mass is 9.96. The molecule has 0 saturated carbocycles. The largest absolute Gasteiger partial charge is 0.465 e. The molecule has 1 saturated heterocycles. The first-order valence-corrected chi connectivity index (χ1v) is 6.75. The molecule has 1 rings (SSSR count). The van der Waals surface area contributed by atoms with Gasteiger partial charge in [0.25, 0.3) is 0 Å². The van der Waals surface area contributed by atoms with Gasteiger partial charge >= 0.3 is 5.97 Å². The second kappa shape index (κ2) is 6.13. The lowest BCUT2D eigenvalue weighted by Crippen LogP contribution is -2.42. The van der Waals surface area contributed by atoms with Crippen molar-refractivity contribution in [3.05, 3.63) is 0 Å². The maximum Gasteiger partial charge on any atom is 0.327 e. The number of nitrogens with zero attached hydrogens (tertiary/aromatic N) is 1. The van der Waals surface area contributed by atoms with Crippen molar-refractivity contribution in [1.82, 2.24) is 5.32 Å². The third kappa shape index (κ3) is 3.40. The normalized spacial score (nSPS) is 20.8. The van der Waals surface area contributed by atoms with Crippen LogP contribution >= 0.6 is 11.8 Å². The van der Waals surface area contributed by atoms with Crippen LogP contribution in [-0.4, -0.2) is 35.6 Å². The topological polar surface area (TPSA) is 50.7 Å². The summed E-state index contributed by atoms with van der Waals surface area (Å²) >= 11 is 1.69. The van der Waals surface area contributed by atoms with Crippen LogP contribution in [0.3, 0.4) is 0 Å². The average molecular weight is 244 g/mol. The molecule has 0 spiro atoms. The summed E-state index contributed by atoms with van der Waals surface area (Å²) in [5.74, 6) is 0.768. The van der Waals surface area contributed by atoms with Crippen molar-refractivity contribution in [2.45, 2.75) is 39.2 Å². The zero-order valence-electron chi connectivity index (χ0n) is 10.2. The van der Waals surface area contributed by atoms with Crippen LogP contribution in [0.2, 0.25) is 0 Å². The molecular formula is C11H20N2O2S. The summed E-state index contributed by atoms with van der Waals surface area (Å²) in [6.07, 6.45) is 2.16. The third-order valence-electron chi connectivity index (χ3n) is 2.87. The van der Waals surface area contributed by atoms with Gasteiger partial charge in [0.1, 0.15) is 6.54 Å². The number of ether oxygens (including phenoxy) is 1. The Labute approximate surface area is 101 Å². The molecule has 1 heterocycles. The molecule has 0 aromatic rings. The zero-order chi connectivity index (χ0) is 12.0. The van der Waals surface area contributed by atoms with Gasteiger partial charge in [-0.15, -0.1) is 0 Å². The fourth-order valence-corrected chi connectivity index (χ4v) is 2.90. The molecule has 16 heavy (non-hydrogen) atoms. The van der Waals surface area contributed by atoms with E-state index in [0.717, 1.165) is 23.8 Å². The van der Waals surface area contributed by atoms with Crippen molar-refractivity contribution in [1.29, 1.82) is 0 Å². The molecule has 0 bridgehead atoms. The van der Waals surface area contributed by atoms with Crippen molar-refractivity contribution in [3.63, 3.8) is 0 Å². The maximum atomic E-state index is 11.1. The fourth-order valence-electron chi connectivity index (χ4n) is 1.56. The number of esters is 1. The Morgan fingerprint density at radius 3 is 2.69 bits per heavy atom. The highest BCUT2D eigenvalue weighted by Crippen LogP contribution is 2.28. The van der Waals surface area contributed by atoms with E-state index in [0.29, 0.717) is 6.61 Å². The van der Waals surface area contributed by atoms with Gasteiger partial charge < -0.3 is 10.1 Å². The minimum absolute atomic E-state index is 0.118. The van der Waals surface area contributed by atoms with Gasteiger partial charge in [0, 0.05) is 11.3 Å². The first-order chi connectivity index (χ1) is 7.65. The van der Waals surface area contributed by atoms with Gasteiger partial charge in [-0.05, 0) is 19.8 Å². The lowest BCUT2D eigenvalue weighted by Gasteiger charge is -2.25. The van der Waals surface area contributed by atoms with Gasteiger partial charge in [-0.2, -0.15) is 0 Å². The zero-order valence-corrected chi connectivity index (χ0v) is 11.0. The highest BCUT2D eigenvalue weighted by Gasteiger charge is 2.33. The molecule has 0 radical (unpaired) electrons. The number of amidine groups is 1. The van der Waals surface area contributed by atoms with E-state index < -0.39 is 0 Å². The van der Waals surface area contributed by atoms with Crippen LogP contribution in [0, 0.1) is 0 Å². The first kappa shape index (κ1) is 13.4. The molecule has 4 nitrogen and oxygen atoms in total. The molecule has 1 aliphatic heterocycles. The van der Waals surface area contributed by atoms with E-state index in [4.69, 9.17) is 4.74 Å². The minimum Gasteiger partial charge on any atom is -0.465 e. The number of hydrogen-bond donors (Lipinski definition) is 1. The van der Waals surface area contributed by atoms with E-state index in [-0.39, 0.29) is 18.1 Å². The molecule has 0 aromatic carbocycles. The van der Waals surface area contributed by atoms with E-state index in [1.165, 1.54) is 0 Å². The summed E-state index contributed by atoms with van der Waals surface area (Å²) in [4.78, 5) is 15.4. The van der Waals surface area contributed by atoms with Crippen LogP contribution in [0.5, 0.6) is 0 Å². The molecular weight excluding hydrogens is 224 g/mol. The van der Waals surface area contributed by atoms with Gasteiger partial charge in [-0.3, -0.25) is 9.79 Å². The fraction of sp³-hybridized carbons (Fsp3) is 0.818. The lowest BCUT2D eigenvalue weighted by molar-refractivity contribution is -0.141. The number of hydrogen-bond acceptors (Lipinski definition) is 4. The Morgan fingerprint density at radius 2 is 2.19 bits per heavy atom. The van der Waals surface area contributed by atoms with Gasteiger partial charge in [0.05, 0.1) is 6.61 Å². The Morgan fingerprint density at radius 1 is 1.50 bits per heavy atom. The quantitative estimate of drug-likeness (QED) is 0.749. The predicted octanol–water partition coefficient (Wildman–Crippen LogP) is 1.80. The number of aliphatic imine (C=N–C) groups is 1. The number of nitrogens with one attached hydrogen (secondary N) is 1. The van der Waals surface area contributed by atoms with Crippen molar-refractivity contribution in [2.75, 3.05) is 18.9 Å². The number of carbonyl (C=O) groups is 1. The van der Waals surface area contributed by atoms with Crippen molar-refractivity contribution in [3.8, 4) is 0 Å². The van der Waals surface area contributed by atoms with Crippen LogP contribution < -0.4 is 5.32 Å². The number of carbonyl (C=O) groups excluding carboxylic acids is 1. The number of rotatable bonds is 5. The Kier molecular flexibility index (Phi) is 5.12. The first-order valence-electron chi connectivity index (χ1n) is 5.77. The maximum absolute atomic E-state index is 11.1. The molecule has 0 unspecified atom stereocenters. The van der Waals surface area contributed by atoms with Gasteiger partial charge in [0.15, 0.2) is 5.17 Å². The summed E-state index contributed by atoms with van der Waals surface area (Å²) in [7, 11) is 0. The SMILES string of the molecule is CCOC(=O)CN=C1NC(CC)(CC)CS1. The van der Waals surface area contributed by atoms with Crippen molar-refractivity contribution >= 4 is 22.9 Å². The van der Waals surface area contributed by atoms with E-state index in [1.807, 2.05) is 0 Å². The molecule has 0 amide bonds. The molecule has 1 N–H and O–H groups in total. The smallest absolute Gasteiger partial charge is 0.327 e. The molecule has 1 fully saturated rings. The molecule has 1 aliphatic rings. The second-order valence-corrected chi connectivity index (χ2v) is 4.79. The monoisotopic (exact) mass is 244 g/mol. The van der Waals surface area contributed by atoms with Gasteiger partial charge in [-0.25, -0.2) is 0 Å². The summed E-state index contributed by atoms with van der Waals surface area (Å²) < 4.78 is 4.82. The predicted molar refractivity (Wildman–Crippen MR) is 67.8 cm³/mol. The Balaban J connectivity index is 2.46. The van der Waals surface area contributed by atoms with Crippen molar-refractivity contribution < 1.29 is 9.53 Å². The van der Waals surface area contributed by atoms with Gasteiger partial charge in [0.2, 0.25) is 0 Å². The van der Waals surface area contributed by atoms with E-state index in [1.54, 1.807) is 18.7 Å². The van der Waals surface area contributed by atoms with Crippen LogP contribution in [-0.2, 0) is 9.53 Å². The molecule has 0 atom stereocenters. The van der Waals surface area contributed by atoms with Crippen LogP contribution in [0.15, 0.2) is 4.99 Å². The average Bonchev–Trinajstić information content (AvgIpc) is 2.71. The molecule has 5 heteroatoms. The summed E-state index contributed by atoms with van der Waals surface area (Å²) in [6, 6.07) is 0. The van der Waals surface area contributed by atoms with Gasteiger partial charge in [-0.1, -0.05) is 25.6 Å². The van der Waals surface area contributed by atoms with E-state index in [2.05, 4.69) is 24.2 Å². The standard InChI is InChI=1S/C11H20N2O2S/c1-4-11(5-2)8-16-10(13-11)12-7-9(14)15-6-3/h4-8H2,1-3H3,(H,12,13). The highest BCUT2D eigenvalue weighted by molar-refractivity contribution is 8.14. The van der Waals surface area contributed by atoms with Crippen LogP contribution in [0.1, 0.15) is 33.6 Å². The third-order valence-corrected chi connectivity index (χ3v) is 4.07. The van der Waals surface area contributed by atoms with E-state index >= 15 is 0 Å². The summed E-state index contributed by atoms with van der Waals surface area (Å²) in [5, 5.41) is 4.28. The number of thioether (sulfide) groups is 1. The summed E-state index contributed by atoms with van der Waals surface area (Å²) in [5.41, 5.74) is 0.165. The minimum atomic E-state index is -0.261. The Hall–Kier alpha value is -0.710.